The van der Waals surface area contributed by atoms with Gasteiger partial charge < -0.3 is 0 Å². The van der Waals surface area contributed by atoms with Crippen LogP contribution in [0.2, 0.25) is 5.02 Å². The minimum absolute atomic E-state index is 0.0631. The Hall–Kier alpha value is -1.95. The molecule has 0 atom stereocenters. The van der Waals surface area contributed by atoms with Crippen LogP contribution in [0.15, 0.2) is 18.2 Å². The fraction of sp³-hybridized carbons (Fsp3) is 0.308. The number of halogens is 2. The lowest BCUT2D eigenvalue weighted by molar-refractivity contribution is -0.148. The largest absolute Gasteiger partial charge is 0.335 e. The molecule has 1 aliphatic heterocycles. The van der Waals surface area contributed by atoms with E-state index < -0.39 is 29.1 Å². The van der Waals surface area contributed by atoms with Crippen molar-refractivity contribution >= 4 is 35.1 Å². The number of nitrogens with one attached hydrogen (secondary N) is 1. The molecule has 4 amide bonds. The lowest BCUT2D eigenvalue weighted by Gasteiger charge is -2.44. The molecule has 1 heterocycles. The molecule has 0 aromatic heterocycles. The maximum absolute atomic E-state index is 13.5. The van der Waals surface area contributed by atoms with Gasteiger partial charge in [-0.3, -0.25) is 14.9 Å². The molecular formula is C13H10ClFN2O3. The molecule has 0 radical (unpaired) electrons. The van der Waals surface area contributed by atoms with E-state index in [0.717, 1.165) is 17.4 Å². The predicted molar refractivity (Wildman–Crippen MR) is 68.7 cm³/mol. The summed E-state index contributed by atoms with van der Waals surface area (Å²) in [6.07, 6.45) is 1.55. The number of barbiturate groups is 1. The Bertz CT molecular complexity index is 643. The third kappa shape index (κ3) is 1.64. The molecule has 0 bridgehead atoms. The van der Waals surface area contributed by atoms with Crippen LogP contribution in [0.25, 0.3) is 0 Å². The number of nitrogens with zero attached hydrogens (tertiary/aromatic N) is 1. The van der Waals surface area contributed by atoms with E-state index in [1.165, 1.54) is 12.1 Å². The topological polar surface area (TPSA) is 66.5 Å². The Balaban J connectivity index is 2.03. The first-order valence-electron chi connectivity index (χ1n) is 6.11. The van der Waals surface area contributed by atoms with Gasteiger partial charge in [0, 0.05) is 0 Å². The summed E-state index contributed by atoms with van der Waals surface area (Å²) in [4.78, 5) is 36.9. The molecule has 5 nitrogen and oxygen atoms in total. The summed E-state index contributed by atoms with van der Waals surface area (Å²) in [7, 11) is 0. The Labute approximate surface area is 118 Å². The number of rotatable bonds is 1. The van der Waals surface area contributed by atoms with Crippen LogP contribution in [0.5, 0.6) is 0 Å². The minimum atomic E-state index is -1.18. The molecule has 1 saturated carbocycles. The van der Waals surface area contributed by atoms with E-state index in [1.54, 1.807) is 0 Å². The van der Waals surface area contributed by atoms with Gasteiger partial charge in [0.2, 0.25) is 5.91 Å². The van der Waals surface area contributed by atoms with Crippen LogP contribution in [0.3, 0.4) is 0 Å². The number of carbonyl (C=O) groups excluding carboxylic acids is 3. The highest BCUT2D eigenvalue weighted by Crippen LogP contribution is 2.45. The Morgan fingerprint density at radius 3 is 2.50 bits per heavy atom. The molecule has 7 heteroatoms. The third-order valence-corrected chi connectivity index (χ3v) is 4.15. The average Bonchev–Trinajstić information content (AvgIpc) is 2.31. The number of anilines is 1. The highest BCUT2D eigenvalue weighted by molar-refractivity contribution is 6.32. The van der Waals surface area contributed by atoms with E-state index >= 15 is 0 Å². The second-order valence-corrected chi connectivity index (χ2v) is 5.34. The lowest BCUT2D eigenvalue weighted by atomic mass is 9.66. The van der Waals surface area contributed by atoms with E-state index in [4.69, 9.17) is 11.6 Å². The first-order chi connectivity index (χ1) is 9.45. The summed E-state index contributed by atoms with van der Waals surface area (Å²) in [6.45, 7) is 0. The van der Waals surface area contributed by atoms with Gasteiger partial charge in [-0.1, -0.05) is 18.0 Å². The van der Waals surface area contributed by atoms with Gasteiger partial charge in [-0.25, -0.2) is 14.1 Å². The van der Waals surface area contributed by atoms with Gasteiger partial charge in [0.15, 0.2) is 0 Å². The van der Waals surface area contributed by atoms with E-state index in [-0.39, 0.29) is 10.7 Å². The number of urea groups is 1. The molecule has 2 aliphatic rings. The van der Waals surface area contributed by atoms with Crippen LogP contribution in [0.4, 0.5) is 14.9 Å². The van der Waals surface area contributed by atoms with Gasteiger partial charge in [0.1, 0.15) is 11.2 Å². The quantitative estimate of drug-likeness (QED) is 0.808. The molecule has 20 heavy (non-hydrogen) atoms. The third-order valence-electron chi connectivity index (χ3n) is 3.84. The number of benzene rings is 1. The van der Waals surface area contributed by atoms with Crippen molar-refractivity contribution in [3.8, 4) is 0 Å². The van der Waals surface area contributed by atoms with Gasteiger partial charge in [0.05, 0.1) is 10.7 Å². The summed E-state index contributed by atoms with van der Waals surface area (Å²) in [5.74, 6) is -1.90. The van der Waals surface area contributed by atoms with E-state index in [9.17, 15) is 18.8 Å². The van der Waals surface area contributed by atoms with Gasteiger partial charge in [-0.2, -0.15) is 0 Å². The van der Waals surface area contributed by atoms with Crippen LogP contribution >= 0.6 is 11.6 Å². The molecule has 104 valence electrons. The Morgan fingerprint density at radius 2 is 1.95 bits per heavy atom. The van der Waals surface area contributed by atoms with Gasteiger partial charge in [-0.15, -0.1) is 0 Å². The standard InChI is InChI=1S/C13H10ClFN2O3/c14-8-3-2-7(6-9(8)15)17-11(19)13(4-1-5-13)10(18)16-12(17)20/h2-3,6H,1,4-5H2,(H,16,18,20). The molecule has 1 saturated heterocycles. The zero-order valence-electron chi connectivity index (χ0n) is 10.3. The van der Waals surface area contributed by atoms with Crippen molar-refractivity contribution in [2.24, 2.45) is 5.41 Å². The summed E-state index contributed by atoms with van der Waals surface area (Å²) in [5, 5.41) is 2.05. The smallest absolute Gasteiger partial charge is 0.276 e. The molecule has 1 aromatic carbocycles. The molecule has 3 rings (SSSR count). The first kappa shape index (κ1) is 13.1. The summed E-state index contributed by atoms with van der Waals surface area (Å²) >= 11 is 5.58. The number of imide groups is 2. The summed E-state index contributed by atoms with van der Waals surface area (Å²) in [5.41, 5.74) is -1.11. The highest BCUT2D eigenvalue weighted by atomic mass is 35.5. The second-order valence-electron chi connectivity index (χ2n) is 4.93. The first-order valence-corrected chi connectivity index (χ1v) is 6.48. The van der Waals surface area contributed by atoms with Gasteiger partial charge >= 0.3 is 6.03 Å². The highest BCUT2D eigenvalue weighted by Gasteiger charge is 2.57. The number of hydrogen-bond acceptors (Lipinski definition) is 3. The van der Waals surface area contributed by atoms with Gasteiger partial charge in [-0.05, 0) is 31.0 Å². The number of amides is 4. The fourth-order valence-electron chi connectivity index (χ4n) is 2.51. The Kier molecular flexibility index (Phi) is 2.79. The molecular weight excluding hydrogens is 287 g/mol. The van der Waals surface area contributed by atoms with Crippen LogP contribution in [0.1, 0.15) is 19.3 Å². The van der Waals surface area contributed by atoms with Gasteiger partial charge in [0.25, 0.3) is 5.91 Å². The van der Waals surface area contributed by atoms with E-state index in [0.29, 0.717) is 12.8 Å². The molecule has 1 N–H and O–H groups in total. The zero-order valence-corrected chi connectivity index (χ0v) is 11.0. The monoisotopic (exact) mass is 296 g/mol. The van der Waals surface area contributed by atoms with Crippen LogP contribution in [-0.4, -0.2) is 17.8 Å². The zero-order chi connectivity index (χ0) is 14.5. The number of carbonyl (C=O) groups is 3. The summed E-state index contributed by atoms with van der Waals surface area (Å²) < 4.78 is 13.5. The van der Waals surface area contributed by atoms with E-state index in [2.05, 4.69) is 5.32 Å². The van der Waals surface area contributed by atoms with Crippen molar-refractivity contribution in [3.63, 3.8) is 0 Å². The maximum Gasteiger partial charge on any atom is 0.335 e. The van der Waals surface area contributed by atoms with Crippen LogP contribution in [-0.2, 0) is 9.59 Å². The molecule has 1 aromatic rings. The SMILES string of the molecule is O=C1NC(=O)C2(CCC2)C(=O)N1c1ccc(Cl)c(F)c1. The fourth-order valence-corrected chi connectivity index (χ4v) is 2.62. The molecule has 0 unspecified atom stereocenters. The van der Waals surface area contributed by atoms with Crippen molar-refractivity contribution in [1.29, 1.82) is 0 Å². The molecule has 2 fully saturated rings. The van der Waals surface area contributed by atoms with Crippen molar-refractivity contribution in [1.82, 2.24) is 5.32 Å². The Morgan fingerprint density at radius 1 is 1.25 bits per heavy atom. The van der Waals surface area contributed by atoms with Crippen molar-refractivity contribution < 1.29 is 18.8 Å². The minimum Gasteiger partial charge on any atom is -0.276 e. The lowest BCUT2D eigenvalue weighted by Crippen LogP contribution is -2.66. The summed E-state index contributed by atoms with van der Waals surface area (Å²) in [6, 6.07) is 2.77. The maximum atomic E-state index is 13.5. The average molecular weight is 297 g/mol. The van der Waals surface area contributed by atoms with Crippen molar-refractivity contribution in [2.45, 2.75) is 19.3 Å². The normalized spacial score (nSPS) is 20.9. The van der Waals surface area contributed by atoms with E-state index in [1.807, 2.05) is 0 Å². The second kappa shape index (κ2) is 4.28. The van der Waals surface area contributed by atoms with Crippen molar-refractivity contribution in [2.75, 3.05) is 4.90 Å². The molecule has 1 aliphatic carbocycles. The van der Waals surface area contributed by atoms with Crippen LogP contribution in [0, 0.1) is 11.2 Å². The van der Waals surface area contributed by atoms with Crippen molar-refractivity contribution in [3.05, 3.63) is 29.0 Å². The van der Waals surface area contributed by atoms with Crippen LogP contribution < -0.4 is 10.2 Å². The number of hydrogen-bond donors (Lipinski definition) is 1. The predicted octanol–water partition coefficient (Wildman–Crippen LogP) is 2.23. The molecule has 1 spiro atoms.